The third kappa shape index (κ3) is 4.18. The Balaban J connectivity index is 1.76. The van der Waals surface area contributed by atoms with Crippen LogP contribution < -0.4 is 19.6 Å². The Labute approximate surface area is 212 Å². The first-order valence-electron chi connectivity index (χ1n) is 11.9. The van der Waals surface area contributed by atoms with Crippen LogP contribution in [0, 0.1) is 0 Å². The van der Waals surface area contributed by atoms with Crippen molar-refractivity contribution in [1.82, 2.24) is 9.55 Å². The Morgan fingerprint density at radius 3 is 2.72 bits per heavy atom. The van der Waals surface area contributed by atoms with E-state index in [4.69, 9.17) is 9.47 Å². The van der Waals surface area contributed by atoms with Gasteiger partial charge in [0.25, 0.3) is 5.56 Å². The van der Waals surface area contributed by atoms with E-state index in [1.165, 1.54) is 11.3 Å². The van der Waals surface area contributed by atoms with E-state index in [1.807, 2.05) is 74.7 Å². The normalized spacial score (nSPS) is 15.8. The van der Waals surface area contributed by atoms with E-state index in [-0.39, 0.29) is 18.3 Å². The number of rotatable bonds is 6. The number of hydrogen-bond acceptors (Lipinski definition) is 6. The summed E-state index contributed by atoms with van der Waals surface area (Å²) in [5.41, 5.74) is 3.26. The molecule has 2 aromatic heterocycles. The standard InChI is InChI=1S/C28H27N3O4S/c1-5-34-27(33)24-17(4)30-28-31(25(24)20-11-7-9-13-22(20)35-16(2)3)26(32)23(36-28)14-18-15-29-21-12-8-6-10-19(18)21/h6-16,25,29H,5H2,1-4H3/b23-14+/t25-/m0/s1. The first kappa shape index (κ1) is 23.8. The van der Waals surface area contributed by atoms with Crippen molar-refractivity contribution in [2.24, 2.45) is 4.99 Å². The van der Waals surface area contributed by atoms with Gasteiger partial charge in [-0.2, -0.15) is 0 Å². The molecule has 5 rings (SSSR count). The molecule has 7 nitrogen and oxygen atoms in total. The number of hydrogen-bond donors (Lipinski definition) is 1. The van der Waals surface area contributed by atoms with Crippen molar-refractivity contribution in [1.29, 1.82) is 0 Å². The van der Waals surface area contributed by atoms with E-state index in [9.17, 15) is 9.59 Å². The molecule has 1 aliphatic heterocycles. The van der Waals surface area contributed by atoms with Gasteiger partial charge in [-0.05, 0) is 45.9 Å². The highest BCUT2D eigenvalue weighted by atomic mass is 32.1. The summed E-state index contributed by atoms with van der Waals surface area (Å²) >= 11 is 1.31. The highest BCUT2D eigenvalue weighted by Crippen LogP contribution is 2.36. The lowest BCUT2D eigenvalue weighted by Gasteiger charge is -2.26. The topological polar surface area (TPSA) is 85.7 Å². The van der Waals surface area contributed by atoms with E-state index in [1.54, 1.807) is 18.4 Å². The van der Waals surface area contributed by atoms with Crippen LogP contribution in [0.5, 0.6) is 5.75 Å². The summed E-state index contributed by atoms with van der Waals surface area (Å²) in [5.74, 6) is 0.120. The lowest BCUT2D eigenvalue weighted by Crippen LogP contribution is -2.40. The van der Waals surface area contributed by atoms with Gasteiger partial charge >= 0.3 is 5.97 Å². The average Bonchev–Trinajstić information content (AvgIpc) is 3.39. The highest BCUT2D eigenvalue weighted by Gasteiger charge is 2.35. The predicted molar refractivity (Wildman–Crippen MR) is 141 cm³/mol. The summed E-state index contributed by atoms with van der Waals surface area (Å²) in [6, 6.07) is 14.7. The fourth-order valence-corrected chi connectivity index (χ4v) is 5.55. The Hall–Kier alpha value is -3.91. The van der Waals surface area contributed by atoms with Crippen molar-refractivity contribution in [3.63, 3.8) is 0 Å². The molecule has 2 aromatic carbocycles. The second-order valence-corrected chi connectivity index (χ2v) is 9.81. The zero-order chi connectivity index (χ0) is 25.4. The molecule has 0 amide bonds. The van der Waals surface area contributed by atoms with Crippen LogP contribution in [0.2, 0.25) is 0 Å². The Morgan fingerprint density at radius 1 is 1.19 bits per heavy atom. The number of para-hydroxylation sites is 2. The monoisotopic (exact) mass is 501 g/mol. The second kappa shape index (κ2) is 9.62. The fraction of sp³-hybridized carbons (Fsp3) is 0.250. The Kier molecular flexibility index (Phi) is 6.36. The molecule has 0 fully saturated rings. The summed E-state index contributed by atoms with van der Waals surface area (Å²) in [7, 11) is 0. The molecular formula is C28H27N3O4S. The van der Waals surface area contributed by atoms with Crippen molar-refractivity contribution < 1.29 is 14.3 Å². The van der Waals surface area contributed by atoms with Crippen LogP contribution in [0.1, 0.15) is 44.9 Å². The molecule has 0 radical (unpaired) electrons. The van der Waals surface area contributed by atoms with Gasteiger partial charge in [0.1, 0.15) is 11.8 Å². The minimum atomic E-state index is -0.722. The molecule has 0 saturated carbocycles. The molecule has 0 aliphatic carbocycles. The molecule has 1 N–H and O–H groups in total. The van der Waals surface area contributed by atoms with E-state index in [2.05, 4.69) is 9.98 Å². The summed E-state index contributed by atoms with van der Waals surface area (Å²) in [6.07, 6.45) is 3.68. The largest absolute Gasteiger partial charge is 0.491 e. The molecule has 3 heterocycles. The minimum Gasteiger partial charge on any atom is -0.491 e. The molecule has 0 saturated heterocycles. The quantitative estimate of drug-likeness (QED) is 0.404. The van der Waals surface area contributed by atoms with Gasteiger partial charge in [-0.15, -0.1) is 0 Å². The number of nitrogens with one attached hydrogen (secondary N) is 1. The lowest BCUT2D eigenvalue weighted by atomic mass is 9.95. The SMILES string of the molecule is CCOC(=O)C1=C(C)N=c2s/c(=C/c3c[nH]c4ccccc34)c(=O)n2[C@H]1c1ccccc1OC(C)C. The van der Waals surface area contributed by atoms with Gasteiger partial charge in [0.2, 0.25) is 0 Å². The summed E-state index contributed by atoms with van der Waals surface area (Å²) < 4.78 is 13.6. The van der Waals surface area contributed by atoms with E-state index < -0.39 is 12.0 Å². The smallest absolute Gasteiger partial charge is 0.338 e. The van der Waals surface area contributed by atoms with Crippen LogP contribution in [0.3, 0.4) is 0 Å². The van der Waals surface area contributed by atoms with E-state index in [0.29, 0.717) is 31.9 Å². The zero-order valence-corrected chi connectivity index (χ0v) is 21.4. The number of benzene rings is 2. The molecule has 0 unspecified atom stereocenters. The number of H-pyrrole nitrogens is 1. The molecular weight excluding hydrogens is 474 g/mol. The number of ether oxygens (including phenoxy) is 2. The number of aromatic nitrogens is 2. The molecule has 184 valence electrons. The van der Waals surface area contributed by atoms with E-state index >= 15 is 0 Å². The number of thiazole rings is 1. The van der Waals surface area contributed by atoms with Crippen LogP contribution >= 0.6 is 11.3 Å². The number of nitrogens with zero attached hydrogens (tertiary/aromatic N) is 2. The molecule has 8 heteroatoms. The number of esters is 1. The maximum atomic E-state index is 13.9. The highest BCUT2D eigenvalue weighted by molar-refractivity contribution is 7.07. The van der Waals surface area contributed by atoms with Crippen LogP contribution in [0.25, 0.3) is 17.0 Å². The molecule has 1 atom stereocenters. The van der Waals surface area contributed by atoms with Gasteiger partial charge in [-0.1, -0.05) is 47.7 Å². The van der Waals surface area contributed by atoms with Crippen molar-refractivity contribution in [3.8, 4) is 5.75 Å². The lowest BCUT2D eigenvalue weighted by molar-refractivity contribution is -0.139. The molecule has 0 spiro atoms. The maximum Gasteiger partial charge on any atom is 0.338 e. The van der Waals surface area contributed by atoms with Gasteiger partial charge in [0.15, 0.2) is 4.80 Å². The van der Waals surface area contributed by atoms with E-state index in [0.717, 1.165) is 16.5 Å². The average molecular weight is 502 g/mol. The fourth-order valence-electron chi connectivity index (χ4n) is 4.51. The van der Waals surface area contributed by atoms with Gasteiger partial charge in [0.05, 0.1) is 28.5 Å². The summed E-state index contributed by atoms with van der Waals surface area (Å²) in [5, 5.41) is 1.03. The first-order valence-corrected chi connectivity index (χ1v) is 12.7. The van der Waals surface area contributed by atoms with Gasteiger partial charge in [-0.3, -0.25) is 9.36 Å². The van der Waals surface area contributed by atoms with Crippen molar-refractivity contribution >= 4 is 34.3 Å². The Morgan fingerprint density at radius 2 is 1.94 bits per heavy atom. The molecule has 0 bridgehead atoms. The molecule has 1 aliphatic rings. The Bertz CT molecular complexity index is 1670. The van der Waals surface area contributed by atoms with Gasteiger partial charge < -0.3 is 14.5 Å². The third-order valence-corrected chi connectivity index (χ3v) is 6.98. The molecule has 36 heavy (non-hydrogen) atoms. The van der Waals surface area contributed by atoms with Crippen LogP contribution in [-0.4, -0.2) is 28.2 Å². The van der Waals surface area contributed by atoms with Crippen LogP contribution in [0.15, 0.2) is 75.8 Å². The number of allylic oxidation sites excluding steroid dienone is 1. The molecule has 4 aromatic rings. The van der Waals surface area contributed by atoms with Gasteiger partial charge in [0, 0.05) is 28.2 Å². The third-order valence-electron chi connectivity index (χ3n) is 6.00. The van der Waals surface area contributed by atoms with Crippen molar-refractivity contribution in [3.05, 3.63) is 96.8 Å². The van der Waals surface area contributed by atoms with Crippen molar-refractivity contribution in [2.45, 2.75) is 39.8 Å². The number of carbonyl (C=O) groups is 1. The minimum absolute atomic E-state index is 0.0834. The zero-order valence-electron chi connectivity index (χ0n) is 20.6. The van der Waals surface area contributed by atoms with Crippen LogP contribution in [0.4, 0.5) is 0 Å². The maximum absolute atomic E-state index is 13.9. The van der Waals surface area contributed by atoms with Crippen LogP contribution in [-0.2, 0) is 9.53 Å². The van der Waals surface area contributed by atoms with Crippen molar-refractivity contribution in [2.75, 3.05) is 6.61 Å². The van der Waals surface area contributed by atoms with Gasteiger partial charge in [-0.25, -0.2) is 9.79 Å². The summed E-state index contributed by atoms with van der Waals surface area (Å²) in [4.78, 5) is 35.5. The number of fused-ring (bicyclic) bond motifs is 2. The number of carbonyl (C=O) groups excluding carboxylic acids is 1. The summed E-state index contributed by atoms with van der Waals surface area (Å²) in [6.45, 7) is 7.64. The first-order chi connectivity index (χ1) is 17.4. The second-order valence-electron chi connectivity index (χ2n) is 8.80. The predicted octanol–water partition coefficient (Wildman–Crippen LogP) is 4.07. The number of aromatic amines is 1.